The van der Waals surface area contributed by atoms with E-state index in [0.717, 1.165) is 43.7 Å². The molecule has 0 atom stereocenters. The summed E-state index contributed by atoms with van der Waals surface area (Å²) in [5.74, 6) is 2.10. The molecule has 0 amide bonds. The molecule has 20 heavy (non-hydrogen) atoms. The van der Waals surface area contributed by atoms with Gasteiger partial charge in [-0.05, 0) is 45.0 Å². The molecule has 1 aromatic carbocycles. The molecule has 2 aromatic rings. The van der Waals surface area contributed by atoms with Gasteiger partial charge >= 0.3 is 0 Å². The molecule has 0 spiro atoms. The number of aromatic nitrogens is 2. The summed E-state index contributed by atoms with van der Waals surface area (Å²) in [6.45, 7) is 7.65. The number of hydrogen-bond acceptors (Lipinski definition) is 3. The van der Waals surface area contributed by atoms with Crippen molar-refractivity contribution in [1.82, 2.24) is 14.9 Å². The number of fused-ring (bicyclic) bond motifs is 1. The van der Waals surface area contributed by atoms with E-state index in [0.29, 0.717) is 0 Å². The Morgan fingerprint density at radius 1 is 1.35 bits per heavy atom. The van der Waals surface area contributed by atoms with Crippen LogP contribution in [0.25, 0.3) is 11.0 Å². The minimum atomic E-state index is 0.174. The Kier molecular flexibility index (Phi) is 3.42. The number of aryl methyl sites for hydroxylation is 1. The topological polar surface area (TPSA) is 39.1 Å². The van der Waals surface area contributed by atoms with Crippen molar-refractivity contribution in [3.8, 4) is 5.75 Å². The normalized spacial score (nSPS) is 18.4. The first-order valence-corrected chi connectivity index (χ1v) is 7.43. The van der Waals surface area contributed by atoms with E-state index < -0.39 is 0 Å². The first-order chi connectivity index (χ1) is 9.68. The van der Waals surface area contributed by atoms with Gasteiger partial charge in [0.25, 0.3) is 0 Å². The molecule has 0 aliphatic carbocycles. The van der Waals surface area contributed by atoms with Crippen molar-refractivity contribution in [1.29, 1.82) is 0 Å². The van der Waals surface area contributed by atoms with E-state index in [1.165, 1.54) is 11.3 Å². The van der Waals surface area contributed by atoms with Gasteiger partial charge < -0.3 is 14.6 Å². The quantitative estimate of drug-likeness (QED) is 0.934. The second kappa shape index (κ2) is 5.09. The Bertz CT molecular complexity index is 611. The van der Waals surface area contributed by atoms with Crippen molar-refractivity contribution in [3.63, 3.8) is 0 Å². The molecule has 1 saturated heterocycles. The second-order valence-electron chi connectivity index (χ2n) is 5.84. The van der Waals surface area contributed by atoms with Crippen LogP contribution in [-0.4, -0.2) is 29.8 Å². The van der Waals surface area contributed by atoms with Gasteiger partial charge in [-0.15, -0.1) is 0 Å². The number of benzene rings is 1. The van der Waals surface area contributed by atoms with Gasteiger partial charge in [0.2, 0.25) is 0 Å². The summed E-state index contributed by atoms with van der Waals surface area (Å²) in [6.07, 6.45) is 2.29. The number of nitrogens with one attached hydrogen (secondary N) is 1. The fraction of sp³-hybridized carbons (Fsp3) is 0.562. The largest absolute Gasteiger partial charge is 0.497 e. The smallest absolute Gasteiger partial charge is 0.121 e. The molecule has 0 bridgehead atoms. The van der Waals surface area contributed by atoms with E-state index in [9.17, 15) is 0 Å². The van der Waals surface area contributed by atoms with Gasteiger partial charge in [-0.1, -0.05) is 6.92 Å². The van der Waals surface area contributed by atoms with Crippen molar-refractivity contribution in [2.75, 3.05) is 20.2 Å². The second-order valence-corrected chi connectivity index (χ2v) is 5.84. The monoisotopic (exact) mass is 273 g/mol. The van der Waals surface area contributed by atoms with Gasteiger partial charge in [-0.25, -0.2) is 4.98 Å². The van der Waals surface area contributed by atoms with E-state index >= 15 is 0 Å². The summed E-state index contributed by atoms with van der Waals surface area (Å²) in [6, 6.07) is 6.18. The predicted molar refractivity (Wildman–Crippen MR) is 81.4 cm³/mol. The molecule has 2 heterocycles. The molecule has 0 radical (unpaired) electrons. The summed E-state index contributed by atoms with van der Waals surface area (Å²) in [7, 11) is 1.70. The maximum atomic E-state index is 5.32. The lowest BCUT2D eigenvalue weighted by Gasteiger charge is -2.33. The SMILES string of the molecule is CCn1c(C2(C)CCNCC2)nc2cc(OC)ccc21. The number of methoxy groups -OCH3 is 1. The molecule has 108 valence electrons. The lowest BCUT2D eigenvalue weighted by Crippen LogP contribution is -2.39. The Labute approximate surface area is 120 Å². The molecule has 0 unspecified atom stereocenters. The van der Waals surface area contributed by atoms with Gasteiger partial charge in [0, 0.05) is 18.0 Å². The molecule has 1 N–H and O–H groups in total. The van der Waals surface area contributed by atoms with Crippen molar-refractivity contribution in [3.05, 3.63) is 24.0 Å². The fourth-order valence-electron chi connectivity index (χ4n) is 3.22. The number of hydrogen-bond donors (Lipinski definition) is 1. The Balaban J connectivity index is 2.14. The summed E-state index contributed by atoms with van der Waals surface area (Å²) < 4.78 is 7.68. The number of ether oxygens (including phenoxy) is 1. The van der Waals surface area contributed by atoms with Gasteiger partial charge in [-0.2, -0.15) is 0 Å². The molecule has 3 rings (SSSR count). The van der Waals surface area contributed by atoms with Gasteiger partial charge in [0.15, 0.2) is 0 Å². The molecular formula is C16H23N3O. The first-order valence-electron chi connectivity index (χ1n) is 7.43. The van der Waals surface area contributed by atoms with Crippen LogP contribution in [0.3, 0.4) is 0 Å². The maximum absolute atomic E-state index is 5.32. The van der Waals surface area contributed by atoms with Crippen LogP contribution in [0.15, 0.2) is 18.2 Å². The van der Waals surface area contributed by atoms with Crippen molar-refractivity contribution < 1.29 is 4.74 Å². The zero-order chi connectivity index (χ0) is 14.2. The summed E-state index contributed by atoms with van der Waals surface area (Å²) in [5, 5.41) is 3.44. The summed E-state index contributed by atoms with van der Waals surface area (Å²) in [5.41, 5.74) is 2.43. The van der Waals surface area contributed by atoms with E-state index in [1.807, 2.05) is 12.1 Å². The zero-order valence-electron chi connectivity index (χ0n) is 12.6. The van der Waals surface area contributed by atoms with Crippen molar-refractivity contribution in [2.45, 2.75) is 38.6 Å². The fourth-order valence-corrected chi connectivity index (χ4v) is 3.22. The van der Waals surface area contributed by atoms with Crippen LogP contribution >= 0.6 is 0 Å². The molecule has 0 saturated carbocycles. The van der Waals surface area contributed by atoms with Crippen LogP contribution in [0.1, 0.15) is 32.5 Å². The molecule has 1 aliphatic heterocycles. The minimum Gasteiger partial charge on any atom is -0.497 e. The third-order valence-corrected chi connectivity index (χ3v) is 4.52. The highest BCUT2D eigenvalue weighted by atomic mass is 16.5. The number of imidazole rings is 1. The van der Waals surface area contributed by atoms with Crippen LogP contribution in [-0.2, 0) is 12.0 Å². The molecule has 4 nitrogen and oxygen atoms in total. The average molecular weight is 273 g/mol. The lowest BCUT2D eigenvalue weighted by atomic mass is 9.80. The highest BCUT2D eigenvalue weighted by molar-refractivity contribution is 5.78. The third kappa shape index (κ3) is 2.08. The zero-order valence-corrected chi connectivity index (χ0v) is 12.6. The summed E-state index contributed by atoms with van der Waals surface area (Å²) >= 11 is 0. The van der Waals surface area contributed by atoms with E-state index in [-0.39, 0.29) is 5.41 Å². The van der Waals surface area contributed by atoms with Gasteiger partial charge in [0.1, 0.15) is 11.6 Å². The summed E-state index contributed by atoms with van der Waals surface area (Å²) in [4.78, 5) is 4.94. The van der Waals surface area contributed by atoms with Crippen LogP contribution < -0.4 is 10.1 Å². The average Bonchev–Trinajstić information content (AvgIpc) is 2.86. The molecule has 1 fully saturated rings. The van der Waals surface area contributed by atoms with Crippen LogP contribution in [0.5, 0.6) is 5.75 Å². The lowest BCUT2D eigenvalue weighted by molar-refractivity contribution is 0.310. The van der Waals surface area contributed by atoms with Crippen LogP contribution in [0.4, 0.5) is 0 Å². The molecule has 1 aromatic heterocycles. The van der Waals surface area contributed by atoms with E-state index in [2.05, 4.69) is 29.8 Å². The Morgan fingerprint density at radius 3 is 2.75 bits per heavy atom. The standard InChI is InChI=1S/C16H23N3O/c1-4-19-14-6-5-12(20-3)11-13(14)18-15(19)16(2)7-9-17-10-8-16/h5-6,11,17H,4,7-10H2,1-3H3. The third-order valence-electron chi connectivity index (χ3n) is 4.52. The molecule has 1 aliphatic rings. The van der Waals surface area contributed by atoms with E-state index in [4.69, 9.17) is 9.72 Å². The number of rotatable bonds is 3. The van der Waals surface area contributed by atoms with Gasteiger partial charge in [-0.3, -0.25) is 0 Å². The highest BCUT2D eigenvalue weighted by Gasteiger charge is 2.33. The Hall–Kier alpha value is -1.55. The van der Waals surface area contributed by atoms with Crippen LogP contribution in [0, 0.1) is 0 Å². The maximum Gasteiger partial charge on any atom is 0.121 e. The molecular weight excluding hydrogens is 250 g/mol. The number of piperidine rings is 1. The van der Waals surface area contributed by atoms with Crippen molar-refractivity contribution in [2.24, 2.45) is 0 Å². The van der Waals surface area contributed by atoms with Crippen molar-refractivity contribution >= 4 is 11.0 Å². The minimum absolute atomic E-state index is 0.174. The first kappa shape index (κ1) is 13.4. The van der Waals surface area contributed by atoms with Gasteiger partial charge in [0.05, 0.1) is 18.1 Å². The van der Waals surface area contributed by atoms with Crippen LogP contribution in [0.2, 0.25) is 0 Å². The highest BCUT2D eigenvalue weighted by Crippen LogP contribution is 2.35. The predicted octanol–water partition coefficient (Wildman–Crippen LogP) is 2.71. The number of nitrogens with zero attached hydrogens (tertiary/aromatic N) is 2. The molecule has 4 heteroatoms. The van der Waals surface area contributed by atoms with E-state index in [1.54, 1.807) is 7.11 Å². The Morgan fingerprint density at radius 2 is 2.10 bits per heavy atom.